The fourth-order valence-electron chi connectivity index (χ4n) is 4.83. The average molecular weight is 457 g/mol. The Morgan fingerprint density at radius 2 is 1.64 bits per heavy atom. The number of halogens is 1. The number of pyridine rings is 1. The van der Waals surface area contributed by atoms with E-state index in [9.17, 15) is 4.79 Å². The zero-order chi connectivity index (χ0) is 22.4. The third kappa shape index (κ3) is 4.02. The fourth-order valence-corrected chi connectivity index (χ4v) is 4.96. The van der Waals surface area contributed by atoms with E-state index in [1.807, 2.05) is 42.6 Å². The zero-order valence-electron chi connectivity index (χ0n) is 18.3. The summed E-state index contributed by atoms with van der Waals surface area (Å²) in [6.07, 6.45) is 4.98. The van der Waals surface area contributed by atoms with Gasteiger partial charge in [-0.05, 0) is 60.6 Å². The molecule has 1 amide bonds. The van der Waals surface area contributed by atoms with Gasteiger partial charge in [-0.15, -0.1) is 0 Å². The highest BCUT2D eigenvalue weighted by atomic mass is 35.5. The fraction of sp³-hybridized carbons (Fsp3) is 0.296. The van der Waals surface area contributed by atoms with Gasteiger partial charge < -0.3 is 9.47 Å². The summed E-state index contributed by atoms with van der Waals surface area (Å²) in [7, 11) is 0. The third-order valence-corrected chi connectivity index (χ3v) is 7.04. The zero-order valence-corrected chi connectivity index (χ0v) is 19.1. The second-order valence-electron chi connectivity index (χ2n) is 9.19. The lowest BCUT2D eigenvalue weighted by Crippen LogP contribution is -2.30. The molecule has 0 bridgehead atoms. The molecule has 3 heterocycles. The van der Waals surface area contributed by atoms with Gasteiger partial charge in [0.1, 0.15) is 11.3 Å². The van der Waals surface area contributed by atoms with Crippen LogP contribution in [-0.4, -0.2) is 38.4 Å². The van der Waals surface area contributed by atoms with Gasteiger partial charge in [-0.3, -0.25) is 4.79 Å². The molecule has 6 heteroatoms. The van der Waals surface area contributed by atoms with Crippen molar-refractivity contribution in [2.75, 3.05) is 13.1 Å². The van der Waals surface area contributed by atoms with Gasteiger partial charge in [0.05, 0.1) is 0 Å². The van der Waals surface area contributed by atoms with Gasteiger partial charge in [0.2, 0.25) is 5.91 Å². The highest BCUT2D eigenvalue weighted by Crippen LogP contribution is 2.34. The maximum Gasteiger partial charge on any atom is 0.225 e. The molecule has 0 unspecified atom stereocenters. The minimum atomic E-state index is 0.286. The van der Waals surface area contributed by atoms with E-state index in [-0.39, 0.29) is 5.92 Å². The van der Waals surface area contributed by atoms with Gasteiger partial charge in [0, 0.05) is 42.3 Å². The Morgan fingerprint density at radius 1 is 0.939 bits per heavy atom. The molecule has 5 nitrogen and oxygen atoms in total. The highest BCUT2D eigenvalue weighted by Gasteiger charge is 2.36. The molecular formula is C27H25ClN4O. The quantitative estimate of drug-likeness (QED) is 0.388. The second kappa shape index (κ2) is 8.31. The van der Waals surface area contributed by atoms with Crippen LogP contribution in [0.1, 0.15) is 19.3 Å². The topological polar surface area (TPSA) is 51.0 Å². The molecule has 1 saturated heterocycles. The van der Waals surface area contributed by atoms with E-state index in [0.717, 1.165) is 77.6 Å². The molecule has 33 heavy (non-hydrogen) atoms. The summed E-state index contributed by atoms with van der Waals surface area (Å²) in [5, 5.41) is 0.737. The number of carbonyl (C=O) groups is 1. The molecule has 2 fully saturated rings. The van der Waals surface area contributed by atoms with Gasteiger partial charge in [-0.1, -0.05) is 48.0 Å². The van der Waals surface area contributed by atoms with Crippen molar-refractivity contribution in [2.45, 2.75) is 25.8 Å². The molecule has 1 saturated carbocycles. The number of amides is 1. The van der Waals surface area contributed by atoms with Crippen LogP contribution in [-0.2, 0) is 11.3 Å². The number of aromatic nitrogens is 3. The van der Waals surface area contributed by atoms with Crippen LogP contribution in [0.15, 0.2) is 66.9 Å². The van der Waals surface area contributed by atoms with Crippen molar-refractivity contribution in [1.29, 1.82) is 0 Å². The SMILES string of the molecule is O=C(C1CC1)N1CC[C@@H](Cn2c(-c3ccc(-c4ccc(Cl)cc4)cc3)nc3cccnc32)C1. The van der Waals surface area contributed by atoms with Crippen LogP contribution in [0.2, 0.25) is 5.02 Å². The Labute approximate surface area is 198 Å². The first kappa shape index (κ1) is 20.4. The van der Waals surface area contributed by atoms with Crippen LogP contribution >= 0.6 is 11.6 Å². The molecule has 0 spiro atoms. The minimum Gasteiger partial charge on any atom is -0.342 e. The number of benzene rings is 2. The number of likely N-dealkylation sites (tertiary alicyclic amines) is 1. The number of carbonyl (C=O) groups excluding carboxylic acids is 1. The van der Waals surface area contributed by atoms with E-state index in [1.165, 1.54) is 0 Å². The number of imidazole rings is 1. The van der Waals surface area contributed by atoms with E-state index in [0.29, 0.717) is 11.8 Å². The average Bonchev–Trinajstić information content (AvgIpc) is 3.49. The van der Waals surface area contributed by atoms with E-state index < -0.39 is 0 Å². The van der Waals surface area contributed by atoms with Crippen LogP contribution in [0, 0.1) is 11.8 Å². The Morgan fingerprint density at radius 3 is 2.36 bits per heavy atom. The van der Waals surface area contributed by atoms with Gasteiger partial charge in [-0.2, -0.15) is 0 Å². The molecule has 1 aliphatic carbocycles. The largest absolute Gasteiger partial charge is 0.342 e. The van der Waals surface area contributed by atoms with E-state index >= 15 is 0 Å². The standard InChI is InChI=1S/C27H25ClN4O/c28-23-11-9-20(10-12-23)19-3-5-21(6-4-19)25-30-24-2-1-14-29-26(24)32(25)17-18-13-15-31(16-18)27(33)22-7-8-22/h1-6,9-12,14,18,22H,7-8,13,15-17H2/t18-/m1/s1. The maximum atomic E-state index is 12.5. The molecule has 1 aliphatic heterocycles. The molecule has 166 valence electrons. The number of rotatable bonds is 5. The van der Waals surface area contributed by atoms with Crippen molar-refractivity contribution in [1.82, 2.24) is 19.4 Å². The monoisotopic (exact) mass is 456 g/mol. The molecule has 0 N–H and O–H groups in total. The molecule has 2 aliphatic rings. The first-order chi connectivity index (χ1) is 16.2. The number of fused-ring (bicyclic) bond motifs is 1. The van der Waals surface area contributed by atoms with Crippen LogP contribution in [0.4, 0.5) is 0 Å². The van der Waals surface area contributed by atoms with Crippen LogP contribution in [0.25, 0.3) is 33.7 Å². The lowest BCUT2D eigenvalue weighted by molar-refractivity contribution is -0.131. The van der Waals surface area contributed by atoms with Gasteiger partial charge in [0.15, 0.2) is 5.65 Å². The van der Waals surface area contributed by atoms with Crippen LogP contribution in [0.5, 0.6) is 0 Å². The van der Waals surface area contributed by atoms with Crippen LogP contribution < -0.4 is 0 Å². The molecule has 2 aromatic carbocycles. The third-order valence-electron chi connectivity index (χ3n) is 6.79. The predicted octanol–water partition coefficient (Wildman–Crippen LogP) is 5.68. The summed E-state index contributed by atoms with van der Waals surface area (Å²) in [5.41, 5.74) is 5.14. The summed E-state index contributed by atoms with van der Waals surface area (Å²) < 4.78 is 2.24. The van der Waals surface area contributed by atoms with Crippen molar-refractivity contribution < 1.29 is 4.79 Å². The normalized spacial score (nSPS) is 18.2. The van der Waals surface area contributed by atoms with Crippen LogP contribution in [0.3, 0.4) is 0 Å². The first-order valence-electron chi connectivity index (χ1n) is 11.6. The summed E-state index contributed by atoms with van der Waals surface area (Å²) >= 11 is 6.04. The second-order valence-corrected chi connectivity index (χ2v) is 9.63. The van der Waals surface area contributed by atoms with Gasteiger partial charge >= 0.3 is 0 Å². The van der Waals surface area contributed by atoms with Crippen molar-refractivity contribution in [3.63, 3.8) is 0 Å². The Hall–Kier alpha value is -3.18. The summed E-state index contributed by atoms with van der Waals surface area (Å²) in [6, 6.07) is 20.3. The molecule has 6 rings (SSSR count). The Kier molecular flexibility index (Phi) is 5.14. The van der Waals surface area contributed by atoms with Gasteiger partial charge in [0.25, 0.3) is 0 Å². The maximum absolute atomic E-state index is 12.5. The van der Waals surface area contributed by atoms with Crippen molar-refractivity contribution >= 4 is 28.7 Å². The predicted molar refractivity (Wildman–Crippen MR) is 131 cm³/mol. The Balaban J connectivity index is 1.30. The molecular weight excluding hydrogens is 432 g/mol. The molecule has 4 aromatic rings. The van der Waals surface area contributed by atoms with Crippen molar-refractivity contribution in [2.24, 2.45) is 11.8 Å². The number of hydrogen-bond acceptors (Lipinski definition) is 3. The highest BCUT2D eigenvalue weighted by molar-refractivity contribution is 6.30. The summed E-state index contributed by atoms with van der Waals surface area (Å²) in [6.45, 7) is 2.51. The number of nitrogens with zero attached hydrogens (tertiary/aromatic N) is 4. The van der Waals surface area contributed by atoms with Gasteiger partial charge in [-0.25, -0.2) is 9.97 Å². The molecule has 0 radical (unpaired) electrons. The smallest absolute Gasteiger partial charge is 0.225 e. The Bertz CT molecular complexity index is 1310. The summed E-state index contributed by atoms with van der Waals surface area (Å²) in [4.78, 5) is 24.2. The first-order valence-corrected chi connectivity index (χ1v) is 12.0. The van der Waals surface area contributed by atoms with E-state index in [2.05, 4.69) is 38.7 Å². The lowest BCUT2D eigenvalue weighted by Gasteiger charge is -2.17. The van der Waals surface area contributed by atoms with Crippen molar-refractivity contribution in [3.8, 4) is 22.5 Å². The summed E-state index contributed by atoms with van der Waals surface area (Å²) in [5.74, 6) is 1.98. The lowest BCUT2D eigenvalue weighted by atomic mass is 10.0. The molecule has 1 atom stereocenters. The van der Waals surface area contributed by atoms with E-state index in [1.54, 1.807) is 0 Å². The number of hydrogen-bond donors (Lipinski definition) is 0. The van der Waals surface area contributed by atoms with E-state index in [4.69, 9.17) is 16.6 Å². The minimum absolute atomic E-state index is 0.286. The molecule has 2 aromatic heterocycles. The van der Waals surface area contributed by atoms with Crippen molar-refractivity contribution in [3.05, 3.63) is 71.9 Å².